The zero-order chi connectivity index (χ0) is 19.2. The van der Waals surface area contributed by atoms with E-state index in [1.54, 1.807) is 4.90 Å². The Hall–Kier alpha value is -3.15. The van der Waals surface area contributed by atoms with Crippen LogP contribution in [-0.4, -0.2) is 44.5 Å². The number of para-hydroxylation sites is 3. The molecule has 0 bridgehead atoms. The zero-order valence-electron chi connectivity index (χ0n) is 15.3. The molecule has 1 N–H and O–H groups in total. The molecule has 3 rings (SSSR count). The van der Waals surface area contributed by atoms with Crippen LogP contribution in [0.4, 0.5) is 0 Å². The number of benzene rings is 2. The number of aryl methyl sites for hydroxylation is 1. The third-order valence-corrected chi connectivity index (χ3v) is 4.54. The molecule has 0 saturated carbocycles. The molecule has 0 spiro atoms. The van der Waals surface area contributed by atoms with Crippen LogP contribution in [0.15, 0.2) is 54.6 Å². The fraction of sp³-hybridized carbons (Fsp3) is 0.286. The highest BCUT2D eigenvalue weighted by Crippen LogP contribution is 2.22. The van der Waals surface area contributed by atoms with E-state index in [1.165, 1.54) is 0 Å². The molecule has 1 heterocycles. The van der Waals surface area contributed by atoms with Crippen LogP contribution in [-0.2, 0) is 16.0 Å². The van der Waals surface area contributed by atoms with Gasteiger partial charge >= 0.3 is 5.97 Å². The molecule has 6 heteroatoms. The van der Waals surface area contributed by atoms with Gasteiger partial charge in [0, 0.05) is 31.6 Å². The van der Waals surface area contributed by atoms with E-state index in [1.807, 2.05) is 61.5 Å². The molecule has 2 aromatic carbocycles. The van der Waals surface area contributed by atoms with E-state index in [2.05, 4.69) is 4.57 Å². The Kier molecular flexibility index (Phi) is 5.86. The quantitative estimate of drug-likeness (QED) is 0.665. The predicted octanol–water partition coefficient (Wildman–Crippen LogP) is 3.28. The zero-order valence-corrected chi connectivity index (χ0v) is 15.3. The van der Waals surface area contributed by atoms with Gasteiger partial charge in [-0.25, -0.2) is 4.98 Å². The van der Waals surface area contributed by atoms with Gasteiger partial charge in [-0.3, -0.25) is 14.2 Å². The van der Waals surface area contributed by atoms with Crippen molar-refractivity contribution >= 4 is 22.9 Å². The average Bonchev–Trinajstić information content (AvgIpc) is 3.05. The summed E-state index contributed by atoms with van der Waals surface area (Å²) in [5.41, 5.74) is 2.90. The summed E-state index contributed by atoms with van der Waals surface area (Å²) in [5.74, 6) is -0.123. The van der Waals surface area contributed by atoms with Gasteiger partial charge in [0.2, 0.25) is 5.91 Å². The summed E-state index contributed by atoms with van der Waals surface area (Å²) in [7, 11) is 0. The number of aliphatic carboxylic acids is 1. The summed E-state index contributed by atoms with van der Waals surface area (Å²) >= 11 is 0. The van der Waals surface area contributed by atoms with E-state index >= 15 is 0 Å². The Labute approximate surface area is 158 Å². The second kappa shape index (κ2) is 8.49. The van der Waals surface area contributed by atoms with Gasteiger partial charge in [-0.1, -0.05) is 30.3 Å². The molecule has 0 radical (unpaired) electrons. The summed E-state index contributed by atoms with van der Waals surface area (Å²) < 4.78 is 2.08. The SMILES string of the molecule is CCN(CCC(=O)O)C(=O)CCc1nc2ccccc2n1-c1ccccc1. The minimum Gasteiger partial charge on any atom is -0.481 e. The largest absolute Gasteiger partial charge is 0.481 e. The lowest BCUT2D eigenvalue weighted by Crippen LogP contribution is -2.33. The number of carbonyl (C=O) groups excluding carboxylic acids is 1. The Bertz CT molecular complexity index is 934. The van der Waals surface area contributed by atoms with E-state index in [0.717, 1.165) is 22.5 Å². The van der Waals surface area contributed by atoms with E-state index in [0.29, 0.717) is 19.4 Å². The molecule has 1 amide bonds. The number of fused-ring (bicyclic) bond motifs is 1. The van der Waals surface area contributed by atoms with Gasteiger partial charge in [0.1, 0.15) is 5.82 Å². The monoisotopic (exact) mass is 365 g/mol. The van der Waals surface area contributed by atoms with E-state index in [-0.39, 0.29) is 18.9 Å². The van der Waals surface area contributed by atoms with Gasteiger partial charge in [0.15, 0.2) is 0 Å². The molecule has 0 fully saturated rings. The molecule has 6 nitrogen and oxygen atoms in total. The lowest BCUT2D eigenvalue weighted by molar-refractivity contribution is -0.138. The Balaban J connectivity index is 1.83. The molecule has 0 aliphatic heterocycles. The number of nitrogens with zero attached hydrogens (tertiary/aromatic N) is 3. The van der Waals surface area contributed by atoms with Gasteiger partial charge in [-0.15, -0.1) is 0 Å². The maximum atomic E-state index is 12.5. The standard InChI is InChI=1S/C21H23N3O3/c1-2-23(15-14-21(26)27)20(25)13-12-19-22-17-10-6-7-11-18(17)24(19)16-8-4-3-5-9-16/h3-11H,2,12-15H2,1H3,(H,26,27). The molecular weight excluding hydrogens is 342 g/mol. The maximum absolute atomic E-state index is 12.5. The minimum atomic E-state index is -0.896. The van der Waals surface area contributed by atoms with Crippen molar-refractivity contribution in [1.29, 1.82) is 0 Å². The van der Waals surface area contributed by atoms with Crippen molar-refractivity contribution in [3.05, 3.63) is 60.4 Å². The van der Waals surface area contributed by atoms with Gasteiger partial charge in [0.25, 0.3) is 0 Å². The number of aromatic nitrogens is 2. The van der Waals surface area contributed by atoms with Crippen LogP contribution in [0.5, 0.6) is 0 Å². The van der Waals surface area contributed by atoms with Crippen LogP contribution >= 0.6 is 0 Å². The summed E-state index contributed by atoms with van der Waals surface area (Å²) in [6.07, 6.45) is 0.748. The van der Waals surface area contributed by atoms with Gasteiger partial charge in [-0.2, -0.15) is 0 Å². The molecule has 1 aromatic heterocycles. The van der Waals surface area contributed by atoms with Crippen molar-refractivity contribution in [3.8, 4) is 5.69 Å². The first-order chi connectivity index (χ1) is 13.1. The fourth-order valence-corrected chi connectivity index (χ4v) is 3.18. The predicted molar refractivity (Wildman–Crippen MR) is 104 cm³/mol. The number of amides is 1. The normalized spacial score (nSPS) is 10.9. The van der Waals surface area contributed by atoms with E-state index < -0.39 is 5.97 Å². The summed E-state index contributed by atoms with van der Waals surface area (Å²) in [4.78, 5) is 29.6. The summed E-state index contributed by atoms with van der Waals surface area (Å²) in [5, 5.41) is 8.84. The molecular formula is C21H23N3O3. The molecule has 0 atom stereocenters. The highest BCUT2D eigenvalue weighted by atomic mass is 16.4. The van der Waals surface area contributed by atoms with Crippen LogP contribution in [0, 0.1) is 0 Å². The average molecular weight is 365 g/mol. The third-order valence-electron chi connectivity index (χ3n) is 4.54. The van der Waals surface area contributed by atoms with Crippen LogP contribution in [0.1, 0.15) is 25.6 Å². The summed E-state index contributed by atoms with van der Waals surface area (Å²) in [6.45, 7) is 2.60. The maximum Gasteiger partial charge on any atom is 0.305 e. The minimum absolute atomic E-state index is 0.0396. The Morgan fingerprint density at radius 3 is 2.44 bits per heavy atom. The number of carbonyl (C=O) groups is 2. The van der Waals surface area contributed by atoms with Crippen molar-refractivity contribution in [3.63, 3.8) is 0 Å². The number of carboxylic acids is 1. The van der Waals surface area contributed by atoms with Gasteiger partial charge in [-0.05, 0) is 31.2 Å². The molecule has 0 unspecified atom stereocenters. The highest BCUT2D eigenvalue weighted by Gasteiger charge is 2.17. The number of rotatable bonds is 8. The second-order valence-electron chi connectivity index (χ2n) is 6.30. The first kappa shape index (κ1) is 18.6. The van der Waals surface area contributed by atoms with Crippen molar-refractivity contribution in [2.45, 2.75) is 26.2 Å². The summed E-state index contributed by atoms with van der Waals surface area (Å²) in [6, 6.07) is 17.9. The molecule has 3 aromatic rings. The van der Waals surface area contributed by atoms with Crippen LogP contribution in [0.2, 0.25) is 0 Å². The number of hydrogen-bond donors (Lipinski definition) is 1. The topological polar surface area (TPSA) is 75.4 Å². The van der Waals surface area contributed by atoms with Crippen LogP contribution in [0.3, 0.4) is 0 Å². The highest BCUT2D eigenvalue weighted by molar-refractivity contribution is 5.79. The number of hydrogen-bond acceptors (Lipinski definition) is 3. The van der Waals surface area contributed by atoms with Gasteiger partial charge < -0.3 is 10.0 Å². The first-order valence-electron chi connectivity index (χ1n) is 9.11. The van der Waals surface area contributed by atoms with Crippen molar-refractivity contribution in [2.24, 2.45) is 0 Å². The Morgan fingerprint density at radius 2 is 1.74 bits per heavy atom. The van der Waals surface area contributed by atoms with E-state index in [9.17, 15) is 9.59 Å². The van der Waals surface area contributed by atoms with Crippen LogP contribution in [0.25, 0.3) is 16.7 Å². The molecule has 27 heavy (non-hydrogen) atoms. The molecule has 0 aliphatic rings. The first-order valence-corrected chi connectivity index (χ1v) is 9.11. The number of imidazole rings is 1. The molecule has 0 saturated heterocycles. The smallest absolute Gasteiger partial charge is 0.305 e. The van der Waals surface area contributed by atoms with Crippen molar-refractivity contribution in [1.82, 2.24) is 14.5 Å². The van der Waals surface area contributed by atoms with Gasteiger partial charge in [0.05, 0.1) is 17.5 Å². The molecule has 0 aliphatic carbocycles. The van der Waals surface area contributed by atoms with Crippen LogP contribution < -0.4 is 0 Å². The third kappa shape index (κ3) is 4.34. The fourth-order valence-electron chi connectivity index (χ4n) is 3.18. The van der Waals surface area contributed by atoms with E-state index in [4.69, 9.17) is 10.1 Å². The van der Waals surface area contributed by atoms with Crippen molar-refractivity contribution in [2.75, 3.05) is 13.1 Å². The lowest BCUT2D eigenvalue weighted by Gasteiger charge is -2.20. The second-order valence-corrected chi connectivity index (χ2v) is 6.30. The molecule has 140 valence electrons. The number of carboxylic acid groups (broad SMARTS) is 1. The van der Waals surface area contributed by atoms with Crippen molar-refractivity contribution < 1.29 is 14.7 Å². The Morgan fingerprint density at radius 1 is 1.04 bits per heavy atom. The lowest BCUT2D eigenvalue weighted by atomic mass is 10.2.